The molecule has 0 aliphatic heterocycles. The van der Waals surface area contributed by atoms with E-state index < -0.39 is 38.9 Å². The Morgan fingerprint density at radius 3 is 1.60 bits per heavy atom. The summed E-state index contributed by atoms with van der Waals surface area (Å²) in [6, 6.07) is 0. The second-order valence-corrected chi connectivity index (χ2v) is 5.34. The molecule has 0 aromatic rings. The molecule has 20 heavy (non-hydrogen) atoms. The van der Waals surface area contributed by atoms with Crippen molar-refractivity contribution in [2.75, 3.05) is 32.6 Å². The Balaban J connectivity index is -0.00000144. The number of carboxylic acid groups (broad SMARTS) is 2. The Kier molecular flexibility index (Phi) is 17.8. The first-order valence-electron chi connectivity index (χ1n) is 5.33. The number of hydrogen-bond acceptors (Lipinski definition) is 8. The molecule has 0 saturated carbocycles. The van der Waals surface area contributed by atoms with E-state index in [2.05, 4.69) is 0 Å². The Hall–Kier alpha value is 1.05. The van der Waals surface area contributed by atoms with Crippen LogP contribution in [0.4, 0.5) is 0 Å². The summed E-state index contributed by atoms with van der Waals surface area (Å²) < 4.78 is 21.9. The van der Waals surface area contributed by atoms with Crippen LogP contribution in [0.25, 0.3) is 0 Å². The van der Waals surface area contributed by atoms with Crippen LogP contribution in [0.5, 0.6) is 0 Å². The van der Waals surface area contributed by atoms with Gasteiger partial charge in [0.1, 0.15) is 6.29 Å². The van der Waals surface area contributed by atoms with Crippen LogP contribution in [-0.4, -0.2) is 49.4 Å². The molecule has 11 heteroatoms. The first-order chi connectivity index (χ1) is 8.33. The molecule has 0 aromatic carbocycles. The Labute approximate surface area is 162 Å². The Bertz CT molecular complexity index is 316. The van der Waals surface area contributed by atoms with Crippen molar-refractivity contribution in [2.45, 2.75) is 13.8 Å². The molecule has 0 radical (unpaired) electrons. The summed E-state index contributed by atoms with van der Waals surface area (Å²) in [7, 11) is -3.54. The molecule has 0 N–H and O–H groups in total. The third kappa shape index (κ3) is 12.8. The molecule has 0 aromatic heterocycles. The molecule has 0 saturated heterocycles. The summed E-state index contributed by atoms with van der Waals surface area (Å²) >= 11 is 0. The molecule has 0 fully saturated rings. The van der Waals surface area contributed by atoms with Gasteiger partial charge in [-0.15, -0.1) is 0 Å². The standard InChI is InChI=1S/C9H18NO7P.2Na/c1-3-16-18(15,17-4-2)7-10(5-8(11)12)6-9(13)14;;/h3-7H2,1-2H3,(H,11,12)(H,13,14);;/q;2*+1/p-2. The van der Waals surface area contributed by atoms with Crippen molar-refractivity contribution in [1.82, 2.24) is 4.90 Å². The molecule has 0 atom stereocenters. The van der Waals surface area contributed by atoms with Crippen LogP contribution in [0.1, 0.15) is 13.8 Å². The van der Waals surface area contributed by atoms with Gasteiger partial charge in [0.05, 0.1) is 25.2 Å². The van der Waals surface area contributed by atoms with Gasteiger partial charge in [-0.2, -0.15) is 0 Å². The van der Waals surface area contributed by atoms with Gasteiger partial charge in [-0.25, -0.2) is 0 Å². The maximum absolute atomic E-state index is 12.1. The van der Waals surface area contributed by atoms with Gasteiger partial charge in [-0.3, -0.25) is 9.46 Å². The fourth-order valence-electron chi connectivity index (χ4n) is 1.28. The zero-order valence-corrected chi connectivity index (χ0v) is 17.2. The smallest absolute Gasteiger partial charge is 0.549 e. The van der Waals surface area contributed by atoms with E-state index in [1.54, 1.807) is 13.8 Å². The second-order valence-electron chi connectivity index (χ2n) is 3.32. The van der Waals surface area contributed by atoms with Crippen molar-refractivity contribution in [1.29, 1.82) is 0 Å². The minimum atomic E-state index is -3.54. The normalized spacial score (nSPS) is 10.6. The predicted molar refractivity (Wildman–Crippen MR) is 57.3 cm³/mol. The van der Waals surface area contributed by atoms with Crippen LogP contribution >= 0.6 is 7.60 Å². The molecule has 0 spiro atoms. The molecule has 8 nitrogen and oxygen atoms in total. The first kappa shape index (κ1) is 26.0. The van der Waals surface area contributed by atoms with Crippen molar-refractivity contribution < 1.29 is 92.5 Å². The minimum Gasteiger partial charge on any atom is -0.549 e. The molecule has 0 amide bonds. The van der Waals surface area contributed by atoms with Crippen molar-refractivity contribution in [2.24, 2.45) is 0 Å². The SMILES string of the molecule is CCOP(=O)(CN(CC(=O)[O-])CC(=O)[O-])OCC.[Na+].[Na+]. The summed E-state index contributed by atoms with van der Waals surface area (Å²) in [6.07, 6.45) is -0.448. The van der Waals surface area contributed by atoms with Crippen molar-refractivity contribution in [3.63, 3.8) is 0 Å². The van der Waals surface area contributed by atoms with Crippen molar-refractivity contribution in [3.8, 4) is 0 Å². The fraction of sp³-hybridized carbons (Fsp3) is 0.778. The molecular formula is C9H16NNa2O7P. The van der Waals surface area contributed by atoms with Gasteiger partial charge >= 0.3 is 66.7 Å². The number of rotatable bonds is 10. The number of carbonyl (C=O) groups excluding carboxylic acids is 2. The Morgan fingerprint density at radius 2 is 1.35 bits per heavy atom. The zero-order chi connectivity index (χ0) is 14.2. The third-order valence-electron chi connectivity index (χ3n) is 1.73. The topological polar surface area (TPSA) is 119 Å². The summed E-state index contributed by atoms with van der Waals surface area (Å²) in [5.74, 6) is -2.98. The molecular weight excluding hydrogens is 311 g/mol. The van der Waals surface area contributed by atoms with E-state index >= 15 is 0 Å². The molecule has 0 unspecified atom stereocenters. The number of carboxylic acids is 2. The van der Waals surface area contributed by atoms with Crippen molar-refractivity contribution >= 4 is 19.5 Å². The molecule has 0 aliphatic carbocycles. The zero-order valence-electron chi connectivity index (χ0n) is 12.3. The van der Waals surface area contributed by atoms with Crippen molar-refractivity contribution in [3.05, 3.63) is 0 Å². The number of hydrogen-bond donors (Lipinski definition) is 0. The van der Waals surface area contributed by atoms with Gasteiger partial charge in [0.15, 0.2) is 0 Å². The van der Waals surface area contributed by atoms with E-state index in [9.17, 15) is 24.4 Å². The summed E-state index contributed by atoms with van der Waals surface area (Å²) in [6.45, 7) is 1.99. The summed E-state index contributed by atoms with van der Waals surface area (Å²) in [5, 5.41) is 20.9. The molecule has 0 rings (SSSR count). The number of carbonyl (C=O) groups is 2. The summed E-state index contributed by atoms with van der Waals surface area (Å²) in [5.41, 5.74) is 0. The maximum atomic E-state index is 12.1. The van der Waals surface area contributed by atoms with Gasteiger partial charge in [0, 0.05) is 13.1 Å². The van der Waals surface area contributed by atoms with Crippen LogP contribution < -0.4 is 69.3 Å². The fourth-order valence-corrected chi connectivity index (χ4v) is 2.99. The van der Waals surface area contributed by atoms with E-state index in [4.69, 9.17) is 9.05 Å². The van der Waals surface area contributed by atoms with Crippen LogP contribution in [0, 0.1) is 0 Å². The number of aliphatic carboxylic acids is 2. The van der Waals surface area contributed by atoms with Crippen LogP contribution in [0.15, 0.2) is 0 Å². The van der Waals surface area contributed by atoms with Gasteiger partial charge < -0.3 is 28.8 Å². The average molecular weight is 327 g/mol. The third-order valence-corrected chi connectivity index (χ3v) is 3.78. The molecule has 106 valence electrons. The van der Waals surface area contributed by atoms with Gasteiger partial charge in [0.2, 0.25) is 0 Å². The minimum absolute atomic E-state index is 0. The number of nitrogens with zero attached hydrogens (tertiary/aromatic N) is 1. The van der Waals surface area contributed by atoms with Crippen LogP contribution in [0.3, 0.4) is 0 Å². The van der Waals surface area contributed by atoms with Crippen LogP contribution in [0.2, 0.25) is 0 Å². The maximum Gasteiger partial charge on any atom is 1.00 e. The van der Waals surface area contributed by atoms with E-state index in [0.29, 0.717) is 0 Å². The van der Waals surface area contributed by atoms with E-state index in [-0.39, 0.29) is 72.3 Å². The van der Waals surface area contributed by atoms with Gasteiger partial charge in [0.25, 0.3) is 0 Å². The van der Waals surface area contributed by atoms with Gasteiger partial charge in [-0.05, 0) is 13.8 Å². The van der Waals surface area contributed by atoms with E-state index in [1.807, 2.05) is 0 Å². The monoisotopic (exact) mass is 327 g/mol. The van der Waals surface area contributed by atoms with Gasteiger partial charge in [-0.1, -0.05) is 0 Å². The second kappa shape index (κ2) is 13.7. The predicted octanol–water partition coefficient (Wildman–Crippen LogP) is -7.98. The van der Waals surface area contributed by atoms with E-state index in [1.165, 1.54) is 0 Å². The largest absolute Gasteiger partial charge is 1.00 e. The first-order valence-corrected chi connectivity index (χ1v) is 7.06. The van der Waals surface area contributed by atoms with Crippen LogP contribution in [-0.2, 0) is 23.2 Å². The Morgan fingerprint density at radius 1 is 1.00 bits per heavy atom. The quantitative estimate of drug-likeness (QED) is 0.287. The molecule has 0 bridgehead atoms. The average Bonchev–Trinajstić information content (AvgIpc) is 2.14. The molecule has 0 aliphatic rings. The molecule has 0 heterocycles. The summed E-state index contributed by atoms with van der Waals surface area (Å²) in [4.78, 5) is 21.8. The van der Waals surface area contributed by atoms with E-state index in [0.717, 1.165) is 4.90 Å².